The highest BCUT2D eigenvalue weighted by Crippen LogP contribution is 2.67. The standard InChI is InChI=1S/C56H98O7/c1-8-10-11-12-13-14-15-16-17-18-19-20-21-22-23-24-25-26-27-50(57)61-39-49-51(58)52(59)53(60)54(63-49)62-44-34-36-55(6)43(38-44)30-31-45-47-33-32-46(56(47,7)37-35-48(45)55)41(5)28-29-42(9-2)40(3)4/h17-18,30,40-42,44-49,51-54,58-60H,8-16,19-29,31-39H2,1-7H3/b18-17-. The molecule has 0 amide bonds. The zero-order valence-electron chi connectivity index (χ0n) is 41.7. The quantitative estimate of drug-likeness (QED) is 0.0408. The highest BCUT2D eigenvalue weighted by atomic mass is 16.7. The van der Waals surface area contributed by atoms with Gasteiger partial charge in [0, 0.05) is 6.42 Å². The van der Waals surface area contributed by atoms with Crippen molar-refractivity contribution < 1.29 is 34.3 Å². The first kappa shape index (κ1) is 52.7. The van der Waals surface area contributed by atoms with E-state index in [0.29, 0.717) is 17.8 Å². The monoisotopic (exact) mass is 883 g/mol. The van der Waals surface area contributed by atoms with Crippen molar-refractivity contribution in [3.05, 3.63) is 23.8 Å². The number of carbonyl (C=O) groups is 1. The Balaban J connectivity index is 0.980. The Morgan fingerprint density at radius 3 is 2.08 bits per heavy atom. The van der Waals surface area contributed by atoms with E-state index in [-0.39, 0.29) is 24.1 Å². The molecule has 0 radical (unpaired) electrons. The maximum absolute atomic E-state index is 12.7. The molecule has 5 aliphatic rings. The summed E-state index contributed by atoms with van der Waals surface area (Å²) in [5, 5.41) is 32.6. The van der Waals surface area contributed by atoms with Crippen LogP contribution in [0.1, 0.15) is 228 Å². The number of carbonyl (C=O) groups excluding carboxylic acids is 1. The van der Waals surface area contributed by atoms with Crippen LogP contribution in [0.3, 0.4) is 0 Å². The third kappa shape index (κ3) is 14.4. The molecule has 1 aliphatic heterocycles. The Labute approximate surface area is 386 Å². The lowest BCUT2D eigenvalue weighted by molar-refractivity contribution is -0.313. The van der Waals surface area contributed by atoms with Gasteiger partial charge in [-0.25, -0.2) is 0 Å². The van der Waals surface area contributed by atoms with Crippen molar-refractivity contribution >= 4 is 5.97 Å². The Morgan fingerprint density at radius 1 is 0.778 bits per heavy atom. The van der Waals surface area contributed by atoms with E-state index < -0.39 is 30.7 Å². The normalized spacial score (nSPS) is 35.3. The van der Waals surface area contributed by atoms with Gasteiger partial charge in [-0.1, -0.05) is 156 Å². The van der Waals surface area contributed by atoms with Crippen LogP contribution in [0.4, 0.5) is 0 Å². The third-order valence-corrected chi connectivity index (χ3v) is 18.1. The summed E-state index contributed by atoms with van der Waals surface area (Å²) in [4.78, 5) is 12.7. The number of aliphatic hydroxyl groups excluding tert-OH is 3. The second-order valence-electron chi connectivity index (χ2n) is 22.5. The number of hydrogen-bond donors (Lipinski definition) is 3. The fraction of sp³-hybridized carbons (Fsp3) is 0.911. The van der Waals surface area contributed by atoms with Crippen LogP contribution in [-0.4, -0.2) is 64.7 Å². The van der Waals surface area contributed by atoms with E-state index in [1.807, 2.05) is 0 Å². The highest BCUT2D eigenvalue weighted by Gasteiger charge is 2.59. The van der Waals surface area contributed by atoms with Crippen molar-refractivity contribution in [2.24, 2.45) is 52.3 Å². The summed E-state index contributed by atoms with van der Waals surface area (Å²) in [6.45, 7) is 17.0. The minimum Gasteiger partial charge on any atom is -0.463 e. The van der Waals surface area contributed by atoms with Crippen molar-refractivity contribution in [2.75, 3.05) is 6.61 Å². The van der Waals surface area contributed by atoms with E-state index in [1.165, 1.54) is 134 Å². The topological polar surface area (TPSA) is 105 Å². The van der Waals surface area contributed by atoms with Gasteiger partial charge in [0.2, 0.25) is 0 Å². The summed E-state index contributed by atoms with van der Waals surface area (Å²) in [7, 11) is 0. The minimum absolute atomic E-state index is 0.143. The van der Waals surface area contributed by atoms with Crippen LogP contribution in [0.2, 0.25) is 0 Å². The van der Waals surface area contributed by atoms with Crippen molar-refractivity contribution in [3.63, 3.8) is 0 Å². The largest absolute Gasteiger partial charge is 0.463 e. The minimum atomic E-state index is -1.44. The lowest BCUT2D eigenvalue weighted by atomic mass is 9.47. The predicted molar refractivity (Wildman–Crippen MR) is 258 cm³/mol. The van der Waals surface area contributed by atoms with E-state index in [0.717, 1.165) is 80.5 Å². The molecule has 4 aliphatic carbocycles. The molecule has 1 saturated heterocycles. The average Bonchev–Trinajstić information content (AvgIpc) is 3.63. The van der Waals surface area contributed by atoms with Gasteiger partial charge in [0.1, 0.15) is 31.0 Å². The SMILES string of the molecule is CCCCCCCCC/C=C\CCCCCCCCCC(=O)OCC1OC(OC2CCC3(C)C(=CCC4C3CCC3(C)C(C(C)CCC(CC)C(C)C)CCC43)C2)C(O)C(O)C1O. The van der Waals surface area contributed by atoms with Crippen LogP contribution in [0.25, 0.3) is 0 Å². The van der Waals surface area contributed by atoms with E-state index in [9.17, 15) is 20.1 Å². The summed E-state index contributed by atoms with van der Waals surface area (Å²) >= 11 is 0. The zero-order valence-corrected chi connectivity index (χ0v) is 41.7. The van der Waals surface area contributed by atoms with Gasteiger partial charge in [0.25, 0.3) is 0 Å². The Hall–Kier alpha value is -1.25. The first-order valence-corrected chi connectivity index (χ1v) is 27.2. The molecule has 63 heavy (non-hydrogen) atoms. The van der Waals surface area contributed by atoms with Gasteiger partial charge in [0.05, 0.1) is 6.10 Å². The number of fused-ring (bicyclic) bond motifs is 5. The van der Waals surface area contributed by atoms with Crippen LogP contribution in [0.15, 0.2) is 23.8 Å². The molecular formula is C56H98O7. The molecule has 0 bridgehead atoms. The molecule has 3 N–H and O–H groups in total. The lowest BCUT2D eigenvalue weighted by Gasteiger charge is -2.58. The van der Waals surface area contributed by atoms with Gasteiger partial charge in [-0.15, -0.1) is 0 Å². The smallest absolute Gasteiger partial charge is 0.305 e. The van der Waals surface area contributed by atoms with Crippen LogP contribution >= 0.6 is 0 Å². The Morgan fingerprint density at radius 2 is 1.43 bits per heavy atom. The van der Waals surface area contributed by atoms with Gasteiger partial charge in [-0.05, 0) is 142 Å². The summed E-state index contributed by atoms with van der Waals surface area (Å²) in [5.74, 6) is 5.22. The maximum atomic E-state index is 12.7. The maximum Gasteiger partial charge on any atom is 0.305 e. The molecule has 3 saturated carbocycles. The number of ether oxygens (including phenoxy) is 3. The molecular weight excluding hydrogens is 785 g/mol. The third-order valence-electron chi connectivity index (χ3n) is 18.1. The number of esters is 1. The predicted octanol–water partition coefficient (Wildman–Crippen LogP) is 13.6. The molecule has 0 aromatic carbocycles. The zero-order chi connectivity index (χ0) is 45.4. The van der Waals surface area contributed by atoms with Gasteiger partial charge < -0.3 is 29.5 Å². The molecule has 0 aromatic heterocycles. The number of aliphatic hydroxyl groups is 3. The molecule has 7 heteroatoms. The highest BCUT2D eigenvalue weighted by molar-refractivity contribution is 5.69. The number of rotatable bonds is 28. The Kier molecular flexibility index (Phi) is 22.0. The fourth-order valence-electron chi connectivity index (χ4n) is 13.9. The van der Waals surface area contributed by atoms with Crippen LogP contribution in [-0.2, 0) is 19.0 Å². The molecule has 14 unspecified atom stereocenters. The summed E-state index contributed by atoms with van der Waals surface area (Å²) in [6.07, 6.45) is 34.4. The lowest BCUT2D eigenvalue weighted by Crippen LogP contribution is -2.60. The van der Waals surface area contributed by atoms with Gasteiger partial charge in [-0.2, -0.15) is 0 Å². The molecule has 0 aromatic rings. The van der Waals surface area contributed by atoms with Gasteiger partial charge in [-0.3, -0.25) is 4.79 Å². The van der Waals surface area contributed by atoms with Crippen molar-refractivity contribution in [1.29, 1.82) is 0 Å². The van der Waals surface area contributed by atoms with E-state index in [1.54, 1.807) is 0 Å². The van der Waals surface area contributed by atoms with Gasteiger partial charge in [0.15, 0.2) is 6.29 Å². The molecule has 14 atom stereocenters. The number of hydrogen-bond acceptors (Lipinski definition) is 7. The van der Waals surface area contributed by atoms with Crippen LogP contribution in [0, 0.1) is 52.3 Å². The number of unbranched alkanes of at least 4 members (excludes halogenated alkanes) is 14. The van der Waals surface area contributed by atoms with E-state index in [2.05, 4.69) is 66.7 Å². The molecule has 4 fully saturated rings. The second-order valence-corrected chi connectivity index (χ2v) is 22.5. The van der Waals surface area contributed by atoms with E-state index >= 15 is 0 Å². The average molecular weight is 883 g/mol. The van der Waals surface area contributed by atoms with Gasteiger partial charge >= 0.3 is 5.97 Å². The van der Waals surface area contributed by atoms with E-state index in [4.69, 9.17) is 14.2 Å². The molecule has 0 spiro atoms. The molecule has 7 nitrogen and oxygen atoms in total. The summed E-state index contributed by atoms with van der Waals surface area (Å²) in [5.41, 5.74) is 2.12. The second kappa shape index (κ2) is 26.3. The molecule has 364 valence electrons. The Bertz CT molecular complexity index is 1380. The fourth-order valence-corrected chi connectivity index (χ4v) is 13.9. The van der Waals surface area contributed by atoms with Crippen LogP contribution in [0.5, 0.6) is 0 Å². The van der Waals surface area contributed by atoms with Crippen LogP contribution < -0.4 is 0 Å². The summed E-state index contributed by atoms with van der Waals surface area (Å²) < 4.78 is 18.1. The summed E-state index contributed by atoms with van der Waals surface area (Å²) in [6, 6.07) is 0. The first-order valence-electron chi connectivity index (χ1n) is 27.2. The van der Waals surface area contributed by atoms with Crippen molar-refractivity contribution in [2.45, 2.75) is 265 Å². The molecule has 1 heterocycles. The molecule has 5 rings (SSSR count). The van der Waals surface area contributed by atoms with Crippen molar-refractivity contribution in [1.82, 2.24) is 0 Å². The van der Waals surface area contributed by atoms with Crippen molar-refractivity contribution in [3.8, 4) is 0 Å². The number of allylic oxidation sites excluding steroid dienone is 3. The first-order chi connectivity index (χ1) is 30.3.